The second kappa shape index (κ2) is 5.95. The van der Waals surface area contributed by atoms with E-state index in [0.29, 0.717) is 0 Å². The van der Waals surface area contributed by atoms with Gasteiger partial charge in [-0.05, 0) is 25.1 Å². The van der Waals surface area contributed by atoms with Crippen molar-refractivity contribution < 1.29 is 27.4 Å². The Morgan fingerprint density at radius 3 is 2.56 bits per heavy atom. The van der Waals surface area contributed by atoms with Crippen LogP contribution in [0.1, 0.15) is 17.3 Å². The molecule has 0 aromatic heterocycles. The highest BCUT2D eigenvalue weighted by Crippen LogP contribution is 2.25. The molecule has 7 heteroatoms. The van der Waals surface area contributed by atoms with E-state index in [4.69, 9.17) is 16.3 Å². The molecule has 0 heterocycles. The van der Waals surface area contributed by atoms with E-state index in [-0.39, 0.29) is 22.9 Å². The van der Waals surface area contributed by atoms with Crippen molar-refractivity contribution in [1.82, 2.24) is 0 Å². The van der Waals surface area contributed by atoms with Crippen molar-refractivity contribution >= 4 is 17.6 Å². The Hall–Kier alpha value is -1.43. The molecule has 0 aliphatic heterocycles. The number of benzene rings is 1. The molecule has 0 aliphatic carbocycles. The summed E-state index contributed by atoms with van der Waals surface area (Å²) >= 11 is 5.75. The maximum atomic E-state index is 11.9. The molecule has 0 bridgehead atoms. The van der Waals surface area contributed by atoms with Crippen LogP contribution in [-0.4, -0.2) is 25.4 Å². The van der Waals surface area contributed by atoms with Crippen LogP contribution >= 0.6 is 11.6 Å². The summed E-state index contributed by atoms with van der Waals surface area (Å²) in [5.74, 6) is -0.699. The number of hydrogen-bond acceptors (Lipinski definition) is 3. The summed E-state index contributed by atoms with van der Waals surface area (Å²) < 4.78 is 45.0. The van der Waals surface area contributed by atoms with Gasteiger partial charge in [-0.2, -0.15) is 13.2 Å². The molecule has 0 amide bonds. The summed E-state index contributed by atoms with van der Waals surface area (Å²) in [6.07, 6.45) is -4.42. The van der Waals surface area contributed by atoms with E-state index in [1.165, 1.54) is 12.1 Å². The monoisotopic (exact) mass is 282 g/mol. The third-order valence-corrected chi connectivity index (χ3v) is 2.15. The van der Waals surface area contributed by atoms with Gasteiger partial charge in [0, 0.05) is 0 Å². The van der Waals surface area contributed by atoms with Gasteiger partial charge in [-0.3, -0.25) is 0 Å². The lowest BCUT2D eigenvalue weighted by molar-refractivity contribution is -0.153. The fourth-order valence-electron chi connectivity index (χ4n) is 1.13. The van der Waals surface area contributed by atoms with Gasteiger partial charge in [0.15, 0.2) is 6.61 Å². The Morgan fingerprint density at radius 2 is 2.06 bits per heavy atom. The van der Waals surface area contributed by atoms with Crippen molar-refractivity contribution in [2.24, 2.45) is 0 Å². The van der Waals surface area contributed by atoms with Crippen molar-refractivity contribution in [2.45, 2.75) is 13.1 Å². The number of alkyl halides is 3. The van der Waals surface area contributed by atoms with Crippen LogP contribution in [0.2, 0.25) is 5.02 Å². The summed E-state index contributed by atoms with van der Waals surface area (Å²) in [6, 6.07) is 3.62. The first-order chi connectivity index (χ1) is 8.33. The van der Waals surface area contributed by atoms with E-state index in [2.05, 4.69) is 4.74 Å². The predicted octanol–water partition coefficient (Wildman–Crippen LogP) is 3.46. The van der Waals surface area contributed by atoms with Crippen LogP contribution in [0.25, 0.3) is 0 Å². The fourth-order valence-corrected chi connectivity index (χ4v) is 1.37. The topological polar surface area (TPSA) is 35.5 Å². The highest BCUT2D eigenvalue weighted by atomic mass is 35.5. The van der Waals surface area contributed by atoms with Crippen LogP contribution in [0.4, 0.5) is 13.2 Å². The summed E-state index contributed by atoms with van der Waals surface area (Å²) in [5, 5.41) is -0.0203. The number of rotatable bonds is 4. The minimum absolute atomic E-state index is 0.0203. The molecule has 1 aromatic carbocycles. The summed E-state index contributed by atoms with van der Waals surface area (Å²) in [4.78, 5) is 11.4. The molecule has 0 spiro atoms. The quantitative estimate of drug-likeness (QED) is 0.794. The highest BCUT2D eigenvalue weighted by Gasteiger charge is 2.28. The lowest BCUT2D eigenvalue weighted by Gasteiger charge is -2.10. The SMILES string of the molecule is CCOC(=O)c1ccc(OCC(F)(F)F)cc1Cl. The molecule has 0 aliphatic rings. The first kappa shape index (κ1) is 14.6. The molecule has 0 atom stereocenters. The first-order valence-corrected chi connectivity index (χ1v) is 5.37. The minimum atomic E-state index is -4.42. The van der Waals surface area contributed by atoms with Crippen molar-refractivity contribution in [3.8, 4) is 5.75 Å². The van der Waals surface area contributed by atoms with E-state index < -0.39 is 18.8 Å². The minimum Gasteiger partial charge on any atom is -0.484 e. The van der Waals surface area contributed by atoms with E-state index in [1.54, 1.807) is 6.92 Å². The van der Waals surface area contributed by atoms with Gasteiger partial charge in [0.05, 0.1) is 17.2 Å². The molecule has 100 valence electrons. The predicted molar refractivity (Wildman–Crippen MR) is 59.0 cm³/mol. The molecular weight excluding hydrogens is 273 g/mol. The fraction of sp³-hybridized carbons (Fsp3) is 0.364. The molecule has 18 heavy (non-hydrogen) atoms. The van der Waals surface area contributed by atoms with Crippen molar-refractivity contribution in [3.05, 3.63) is 28.8 Å². The maximum Gasteiger partial charge on any atom is 0.422 e. The molecule has 0 saturated carbocycles. The van der Waals surface area contributed by atoms with Gasteiger partial charge in [-0.1, -0.05) is 11.6 Å². The number of esters is 1. The van der Waals surface area contributed by atoms with E-state index in [9.17, 15) is 18.0 Å². The average Bonchev–Trinajstić information content (AvgIpc) is 2.25. The third kappa shape index (κ3) is 4.44. The second-order valence-corrected chi connectivity index (χ2v) is 3.67. The van der Waals surface area contributed by atoms with Gasteiger partial charge in [0.1, 0.15) is 5.75 Å². The van der Waals surface area contributed by atoms with Crippen LogP contribution in [-0.2, 0) is 4.74 Å². The number of carbonyl (C=O) groups is 1. The Morgan fingerprint density at radius 1 is 1.39 bits per heavy atom. The molecular formula is C11H10ClF3O3. The molecule has 0 unspecified atom stereocenters. The molecule has 1 aromatic rings. The third-order valence-electron chi connectivity index (χ3n) is 1.84. The number of hydrogen-bond donors (Lipinski definition) is 0. The molecule has 0 fully saturated rings. The first-order valence-electron chi connectivity index (χ1n) is 4.99. The van der Waals surface area contributed by atoms with Crippen LogP contribution in [0.3, 0.4) is 0 Å². The average molecular weight is 283 g/mol. The van der Waals surface area contributed by atoms with Gasteiger partial charge < -0.3 is 9.47 Å². The Balaban J connectivity index is 2.76. The molecule has 3 nitrogen and oxygen atoms in total. The Labute approximate surface area is 106 Å². The van der Waals surface area contributed by atoms with E-state index in [0.717, 1.165) is 6.07 Å². The zero-order valence-electron chi connectivity index (χ0n) is 9.38. The van der Waals surface area contributed by atoms with E-state index in [1.807, 2.05) is 0 Å². The van der Waals surface area contributed by atoms with Crippen LogP contribution in [0.15, 0.2) is 18.2 Å². The number of carbonyl (C=O) groups excluding carboxylic acids is 1. The summed E-state index contributed by atoms with van der Waals surface area (Å²) in [5.41, 5.74) is 0.0814. The Bertz CT molecular complexity index is 432. The highest BCUT2D eigenvalue weighted by molar-refractivity contribution is 6.33. The van der Waals surface area contributed by atoms with Crippen LogP contribution in [0.5, 0.6) is 5.75 Å². The van der Waals surface area contributed by atoms with Gasteiger partial charge >= 0.3 is 12.1 Å². The lowest BCUT2D eigenvalue weighted by Crippen LogP contribution is -2.19. The normalized spacial score (nSPS) is 11.2. The van der Waals surface area contributed by atoms with E-state index >= 15 is 0 Å². The number of ether oxygens (including phenoxy) is 2. The zero-order valence-corrected chi connectivity index (χ0v) is 10.1. The van der Waals surface area contributed by atoms with Crippen LogP contribution in [0, 0.1) is 0 Å². The summed E-state index contributed by atoms with van der Waals surface area (Å²) in [6.45, 7) is 0.399. The van der Waals surface area contributed by atoms with Crippen molar-refractivity contribution in [3.63, 3.8) is 0 Å². The molecule has 0 radical (unpaired) electrons. The number of halogens is 4. The van der Waals surface area contributed by atoms with Gasteiger partial charge in [0.25, 0.3) is 0 Å². The van der Waals surface area contributed by atoms with Crippen molar-refractivity contribution in [1.29, 1.82) is 0 Å². The standard InChI is InChI=1S/C11H10ClF3O3/c1-2-17-10(16)8-4-3-7(5-9(8)12)18-6-11(13,14)15/h3-5H,2,6H2,1H3. The van der Waals surface area contributed by atoms with Gasteiger partial charge in [-0.15, -0.1) is 0 Å². The molecule has 0 N–H and O–H groups in total. The smallest absolute Gasteiger partial charge is 0.422 e. The maximum absolute atomic E-state index is 11.9. The second-order valence-electron chi connectivity index (χ2n) is 3.27. The van der Waals surface area contributed by atoms with Gasteiger partial charge in [0.2, 0.25) is 0 Å². The largest absolute Gasteiger partial charge is 0.484 e. The Kier molecular flexibility index (Phi) is 4.84. The lowest BCUT2D eigenvalue weighted by atomic mass is 10.2. The van der Waals surface area contributed by atoms with Crippen LogP contribution < -0.4 is 4.74 Å². The molecule has 1 rings (SSSR count). The zero-order chi connectivity index (χ0) is 13.8. The summed E-state index contributed by atoms with van der Waals surface area (Å²) in [7, 11) is 0. The molecule has 0 saturated heterocycles. The van der Waals surface area contributed by atoms with Crippen molar-refractivity contribution in [2.75, 3.05) is 13.2 Å². The van der Waals surface area contributed by atoms with Gasteiger partial charge in [-0.25, -0.2) is 4.79 Å².